The van der Waals surface area contributed by atoms with E-state index in [4.69, 9.17) is 9.63 Å². The number of likely N-dealkylation sites (tertiary alicyclic amines) is 1. The van der Waals surface area contributed by atoms with Crippen molar-refractivity contribution in [2.75, 3.05) is 13.1 Å². The third-order valence-electron chi connectivity index (χ3n) is 4.30. The van der Waals surface area contributed by atoms with E-state index >= 15 is 0 Å². The molecule has 3 rings (SSSR count). The number of carboxylic acids is 1. The summed E-state index contributed by atoms with van der Waals surface area (Å²) in [7, 11) is 0. The van der Waals surface area contributed by atoms with E-state index in [-0.39, 0.29) is 12.3 Å². The lowest BCUT2D eigenvalue weighted by Gasteiger charge is -2.26. The Labute approximate surface area is 139 Å². The maximum atomic E-state index is 13.2. The second kappa shape index (κ2) is 5.91. The first-order valence-corrected chi connectivity index (χ1v) is 7.36. The fourth-order valence-electron chi connectivity index (χ4n) is 2.79. The van der Waals surface area contributed by atoms with Crippen LogP contribution in [0.3, 0.4) is 0 Å². The van der Waals surface area contributed by atoms with Crippen LogP contribution in [0.25, 0.3) is 11.3 Å². The van der Waals surface area contributed by atoms with Crippen molar-refractivity contribution < 1.29 is 32.4 Å². The SMILES string of the molecule is O=C(c1cc(-c2ccccc2)no1)N1CCC(C(=O)O)(C(F)(F)F)C1. The molecule has 0 saturated carbocycles. The maximum Gasteiger partial charge on any atom is 0.406 e. The number of amides is 1. The van der Waals surface area contributed by atoms with Gasteiger partial charge in [0.15, 0.2) is 5.41 Å². The van der Waals surface area contributed by atoms with Gasteiger partial charge in [-0.1, -0.05) is 35.5 Å². The molecule has 9 heteroatoms. The normalized spacial score (nSPS) is 20.7. The smallest absolute Gasteiger partial charge is 0.406 e. The van der Waals surface area contributed by atoms with Crippen LogP contribution >= 0.6 is 0 Å². The summed E-state index contributed by atoms with van der Waals surface area (Å²) in [5.41, 5.74) is -1.91. The topological polar surface area (TPSA) is 83.6 Å². The van der Waals surface area contributed by atoms with Gasteiger partial charge in [-0.05, 0) is 6.42 Å². The van der Waals surface area contributed by atoms with Crippen molar-refractivity contribution in [3.05, 3.63) is 42.2 Å². The Morgan fingerprint density at radius 2 is 1.92 bits per heavy atom. The summed E-state index contributed by atoms with van der Waals surface area (Å²) in [6.45, 7) is -1.28. The van der Waals surface area contributed by atoms with Gasteiger partial charge >= 0.3 is 12.1 Å². The summed E-state index contributed by atoms with van der Waals surface area (Å²) in [5, 5.41) is 12.8. The minimum atomic E-state index is -4.95. The van der Waals surface area contributed by atoms with Crippen LogP contribution in [0.4, 0.5) is 13.2 Å². The lowest BCUT2D eigenvalue weighted by Crippen LogP contribution is -2.47. The number of aliphatic carboxylic acids is 1. The van der Waals surface area contributed by atoms with Crippen molar-refractivity contribution in [1.29, 1.82) is 0 Å². The van der Waals surface area contributed by atoms with E-state index in [0.29, 0.717) is 11.3 Å². The van der Waals surface area contributed by atoms with Crippen LogP contribution in [-0.2, 0) is 4.79 Å². The van der Waals surface area contributed by atoms with Crippen LogP contribution in [0, 0.1) is 5.41 Å². The molecule has 0 radical (unpaired) electrons. The molecule has 132 valence electrons. The van der Waals surface area contributed by atoms with Gasteiger partial charge in [-0.2, -0.15) is 13.2 Å². The average molecular weight is 354 g/mol. The first-order valence-electron chi connectivity index (χ1n) is 7.36. The molecule has 1 amide bonds. The van der Waals surface area contributed by atoms with Gasteiger partial charge in [0.25, 0.3) is 5.91 Å². The van der Waals surface area contributed by atoms with Gasteiger partial charge in [0, 0.05) is 24.7 Å². The van der Waals surface area contributed by atoms with Crippen molar-refractivity contribution in [2.24, 2.45) is 5.41 Å². The van der Waals surface area contributed by atoms with E-state index in [0.717, 1.165) is 4.90 Å². The van der Waals surface area contributed by atoms with Crippen LogP contribution in [0.15, 0.2) is 40.9 Å². The van der Waals surface area contributed by atoms with Crippen molar-refractivity contribution >= 4 is 11.9 Å². The number of carboxylic acid groups (broad SMARTS) is 1. The van der Waals surface area contributed by atoms with Crippen LogP contribution in [0.5, 0.6) is 0 Å². The molecule has 1 atom stereocenters. The lowest BCUT2D eigenvalue weighted by molar-refractivity contribution is -0.227. The highest BCUT2D eigenvalue weighted by Crippen LogP contribution is 2.46. The second-order valence-electron chi connectivity index (χ2n) is 5.80. The standard InChI is InChI=1S/C16H13F3N2O4/c17-16(18,19)15(14(23)24)6-7-21(9-15)13(22)12-8-11(20-25-12)10-4-2-1-3-5-10/h1-5,8H,6-7,9H2,(H,23,24). The molecule has 1 unspecified atom stereocenters. The highest BCUT2D eigenvalue weighted by atomic mass is 19.4. The van der Waals surface area contributed by atoms with Crippen LogP contribution in [0.1, 0.15) is 17.0 Å². The number of aromatic nitrogens is 1. The van der Waals surface area contributed by atoms with Crippen molar-refractivity contribution in [2.45, 2.75) is 12.6 Å². The molecule has 0 spiro atoms. The molecule has 1 fully saturated rings. The minimum Gasteiger partial charge on any atom is -0.481 e. The largest absolute Gasteiger partial charge is 0.481 e. The molecular weight excluding hydrogens is 341 g/mol. The number of carbonyl (C=O) groups excluding carboxylic acids is 1. The molecule has 1 aromatic heterocycles. The van der Waals surface area contributed by atoms with E-state index in [1.54, 1.807) is 30.3 Å². The van der Waals surface area contributed by atoms with Crippen LogP contribution < -0.4 is 0 Å². The molecule has 2 aromatic rings. The summed E-state index contributed by atoms with van der Waals surface area (Å²) < 4.78 is 44.5. The Morgan fingerprint density at radius 1 is 1.24 bits per heavy atom. The summed E-state index contributed by atoms with van der Waals surface area (Å²) in [5.74, 6) is -3.04. The highest BCUT2D eigenvalue weighted by Gasteiger charge is 2.64. The summed E-state index contributed by atoms with van der Waals surface area (Å²) in [6, 6.07) is 10.1. The monoisotopic (exact) mass is 354 g/mol. The van der Waals surface area contributed by atoms with E-state index in [1.165, 1.54) is 6.07 Å². The average Bonchev–Trinajstić information content (AvgIpc) is 3.22. The fourth-order valence-corrected chi connectivity index (χ4v) is 2.79. The molecular formula is C16H13F3N2O4. The number of hydrogen-bond acceptors (Lipinski definition) is 4. The quantitative estimate of drug-likeness (QED) is 0.916. The number of carbonyl (C=O) groups is 2. The zero-order valence-electron chi connectivity index (χ0n) is 12.8. The van der Waals surface area contributed by atoms with Gasteiger partial charge in [0.05, 0.1) is 0 Å². The van der Waals surface area contributed by atoms with Gasteiger partial charge in [0.1, 0.15) is 5.69 Å². The fraction of sp³-hybridized carbons (Fsp3) is 0.312. The lowest BCUT2D eigenvalue weighted by atomic mass is 9.86. The predicted octanol–water partition coefficient (Wildman–Crippen LogP) is 2.82. The summed E-state index contributed by atoms with van der Waals surface area (Å²) >= 11 is 0. The molecule has 1 aliphatic heterocycles. The van der Waals surface area contributed by atoms with Crippen LogP contribution in [0.2, 0.25) is 0 Å². The minimum absolute atomic E-state index is 0.234. The van der Waals surface area contributed by atoms with Crippen molar-refractivity contribution in [3.8, 4) is 11.3 Å². The number of nitrogens with zero attached hydrogens (tertiary/aromatic N) is 2. The van der Waals surface area contributed by atoms with E-state index in [2.05, 4.69) is 5.16 Å². The zero-order valence-corrected chi connectivity index (χ0v) is 12.8. The van der Waals surface area contributed by atoms with Gasteiger partial charge in [0.2, 0.25) is 5.76 Å². The molecule has 25 heavy (non-hydrogen) atoms. The molecule has 1 N–H and O–H groups in total. The first kappa shape index (κ1) is 17.0. The number of halogens is 3. The van der Waals surface area contributed by atoms with E-state index in [1.807, 2.05) is 0 Å². The van der Waals surface area contributed by atoms with Gasteiger partial charge in [-0.3, -0.25) is 9.59 Å². The number of hydrogen-bond donors (Lipinski definition) is 1. The van der Waals surface area contributed by atoms with E-state index < -0.39 is 36.4 Å². The zero-order chi connectivity index (χ0) is 18.2. The third kappa shape index (κ3) is 2.86. The molecule has 6 nitrogen and oxygen atoms in total. The highest BCUT2D eigenvalue weighted by molar-refractivity contribution is 5.93. The molecule has 1 saturated heterocycles. The molecule has 0 bridgehead atoms. The maximum absolute atomic E-state index is 13.2. The molecule has 1 aromatic carbocycles. The Morgan fingerprint density at radius 3 is 2.48 bits per heavy atom. The Hall–Kier alpha value is -2.84. The van der Waals surface area contributed by atoms with Crippen molar-refractivity contribution in [1.82, 2.24) is 10.1 Å². The number of rotatable bonds is 3. The Kier molecular flexibility index (Phi) is 4.02. The second-order valence-corrected chi connectivity index (χ2v) is 5.80. The van der Waals surface area contributed by atoms with Crippen molar-refractivity contribution in [3.63, 3.8) is 0 Å². The predicted molar refractivity (Wildman–Crippen MR) is 78.6 cm³/mol. The van der Waals surface area contributed by atoms with Gasteiger partial charge in [-0.25, -0.2) is 0 Å². The Balaban J connectivity index is 1.81. The molecule has 2 heterocycles. The number of benzene rings is 1. The first-order chi connectivity index (χ1) is 11.7. The van der Waals surface area contributed by atoms with Gasteiger partial charge < -0.3 is 14.5 Å². The summed E-state index contributed by atoms with van der Waals surface area (Å²) in [6.07, 6.45) is -5.65. The summed E-state index contributed by atoms with van der Waals surface area (Å²) in [4.78, 5) is 24.4. The van der Waals surface area contributed by atoms with E-state index in [9.17, 15) is 22.8 Å². The Bertz CT molecular complexity index is 803. The number of alkyl halides is 3. The third-order valence-corrected chi connectivity index (χ3v) is 4.30. The van der Waals surface area contributed by atoms with Crippen LogP contribution in [-0.4, -0.2) is 46.3 Å². The molecule has 1 aliphatic rings. The van der Waals surface area contributed by atoms with Gasteiger partial charge in [-0.15, -0.1) is 0 Å². The molecule has 0 aliphatic carbocycles.